The fourth-order valence-corrected chi connectivity index (χ4v) is 5.23. The first-order chi connectivity index (χ1) is 16.8. The lowest BCUT2D eigenvalue weighted by Crippen LogP contribution is -2.49. The number of aromatic nitrogens is 2. The molecule has 0 aliphatic carbocycles. The van der Waals surface area contributed by atoms with E-state index in [0.29, 0.717) is 44.2 Å². The Balaban J connectivity index is 1.25. The topological polar surface area (TPSA) is 90.7 Å². The highest BCUT2D eigenvalue weighted by atomic mass is 16.3. The lowest BCUT2D eigenvalue weighted by atomic mass is 9.90. The van der Waals surface area contributed by atoms with Crippen molar-refractivity contribution >= 4 is 11.7 Å². The van der Waals surface area contributed by atoms with Crippen molar-refractivity contribution in [3.05, 3.63) is 58.6 Å². The molecule has 8 heteroatoms. The monoisotopic (exact) mass is 481 g/mol. The predicted molar refractivity (Wildman–Crippen MR) is 137 cm³/mol. The zero-order valence-corrected chi connectivity index (χ0v) is 21.0. The minimum Gasteiger partial charge on any atom is -0.388 e. The third kappa shape index (κ3) is 6.70. The van der Waals surface area contributed by atoms with Crippen molar-refractivity contribution in [2.24, 2.45) is 0 Å². The summed E-state index contributed by atoms with van der Waals surface area (Å²) in [6.07, 6.45) is 5.35. The van der Waals surface area contributed by atoms with Crippen LogP contribution in [0.4, 0.5) is 5.82 Å². The number of carbonyl (C=O) groups excluding carboxylic acids is 1. The lowest BCUT2D eigenvalue weighted by Gasteiger charge is -2.38. The molecule has 2 fully saturated rings. The number of anilines is 1. The SMILES string of the molecule is C[C@H](CC(=O)N1CCC(O)(Cn2cnc(NCCN3CCC[C@@H]3C)cc2=O)CC1)c1ccccc1. The Hall–Kier alpha value is -2.71. The third-order valence-electron chi connectivity index (χ3n) is 7.64. The maximum atomic E-state index is 12.8. The molecule has 2 aliphatic heterocycles. The van der Waals surface area contributed by atoms with Crippen molar-refractivity contribution in [1.29, 1.82) is 0 Å². The van der Waals surface area contributed by atoms with Crippen LogP contribution in [0.5, 0.6) is 0 Å². The van der Waals surface area contributed by atoms with Crippen LogP contribution in [0.1, 0.15) is 57.4 Å². The van der Waals surface area contributed by atoms with Crippen LogP contribution in [-0.4, -0.2) is 74.7 Å². The van der Waals surface area contributed by atoms with Crippen LogP contribution in [0.2, 0.25) is 0 Å². The summed E-state index contributed by atoms with van der Waals surface area (Å²) in [5.74, 6) is 0.832. The number of amides is 1. The molecule has 0 spiro atoms. The molecule has 1 aromatic heterocycles. The second-order valence-electron chi connectivity index (χ2n) is 10.3. The fraction of sp³-hybridized carbons (Fsp3) is 0.593. The van der Waals surface area contributed by atoms with Crippen molar-refractivity contribution in [3.63, 3.8) is 0 Å². The van der Waals surface area contributed by atoms with E-state index in [-0.39, 0.29) is 23.9 Å². The van der Waals surface area contributed by atoms with Gasteiger partial charge in [0.1, 0.15) is 5.82 Å². The molecule has 2 saturated heterocycles. The molecule has 4 rings (SSSR count). The van der Waals surface area contributed by atoms with E-state index in [1.807, 2.05) is 35.2 Å². The van der Waals surface area contributed by atoms with E-state index in [1.54, 1.807) is 0 Å². The average Bonchev–Trinajstić information content (AvgIpc) is 3.26. The van der Waals surface area contributed by atoms with Gasteiger partial charge in [-0.1, -0.05) is 37.3 Å². The van der Waals surface area contributed by atoms with E-state index in [2.05, 4.69) is 29.0 Å². The first-order valence-electron chi connectivity index (χ1n) is 12.9. The number of rotatable bonds is 9. The van der Waals surface area contributed by atoms with Crippen LogP contribution in [0.3, 0.4) is 0 Å². The van der Waals surface area contributed by atoms with Gasteiger partial charge >= 0.3 is 0 Å². The zero-order chi connectivity index (χ0) is 24.8. The van der Waals surface area contributed by atoms with E-state index in [9.17, 15) is 14.7 Å². The summed E-state index contributed by atoms with van der Waals surface area (Å²) < 4.78 is 1.47. The molecule has 2 N–H and O–H groups in total. The number of likely N-dealkylation sites (tertiary alicyclic amines) is 2. The highest BCUT2D eigenvalue weighted by Gasteiger charge is 2.35. The smallest absolute Gasteiger partial charge is 0.255 e. The van der Waals surface area contributed by atoms with Gasteiger partial charge in [-0.3, -0.25) is 19.1 Å². The number of hydrogen-bond acceptors (Lipinski definition) is 6. The third-order valence-corrected chi connectivity index (χ3v) is 7.64. The maximum Gasteiger partial charge on any atom is 0.255 e. The quantitative estimate of drug-likeness (QED) is 0.572. The van der Waals surface area contributed by atoms with Crippen molar-refractivity contribution in [1.82, 2.24) is 19.4 Å². The van der Waals surface area contributed by atoms with Crippen LogP contribution in [-0.2, 0) is 11.3 Å². The van der Waals surface area contributed by atoms with Gasteiger partial charge in [0, 0.05) is 44.7 Å². The number of benzene rings is 1. The van der Waals surface area contributed by atoms with E-state index in [1.165, 1.54) is 29.8 Å². The number of nitrogens with one attached hydrogen (secondary N) is 1. The molecule has 0 bridgehead atoms. The zero-order valence-electron chi connectivity index (χ0n) is 21.0. The molecule has 2 aromatic rings. The number of piperidine rings is 1. The number of nitrogens with zero attached hydrogens (tertiary/aromatic N) is 4. The van der Waals surface area contributed by atoms with Crippen LogP contribution in [0, 0.1) is 0 Å². The van der Waals surface area contributed by atoms with Crippen LogP contribution >= 0.6 is 0 Å². The molecule has 0 radical (unpaired) electrons. The summed E-state index contributed by atoms with van der Waals surface area (Å²) in [4.78, 5) is 34.1. The predicted octanol–water partition coefficient (Wildman–Crippen LogP) is 2.69. The first kappa shape index (κ1) is 25.4. The van der Waals surface area contributed by atoms with Gasteiger partial charge in [-0.15, -0.1) is 0 Å². The van der Waals surface area contributed by atoms with E-state index in [4.69, 9.17) is 0 Å². The second-order valence-corrected chi connectivity index (χ2v) is 10.3. The molecule has 1 amide bonds. The van der Waals surface area contributed by atoms with Crippen molar-refractivity contribution in [2.45, 2.75) is 70.1 Å². The van der Waals surface area contributed by atoms with Crippen LogP contribution < -0.4 is 10.9 Å². The molecule has 3 heterocycles. The fourth-order valence-electron chi connectivity index (χ4n) is 5.23. The molecule has 0 unspecified atom stereocenters. The van der Waals surface area contributed by atoms with Crippen molar-refractivity contribution in [2.75, 3.05) is 38.0 Å². The summed E-state index contributed by atoms with van der Waals surface area (Å²) >= 11 is 0. The number of carbonyl (C=O) groups is 1. The summed E-state index contributed by atoms with van der Waals surface area (Å²) in [7, 11) is 0. The standard InChI is InChI=1S/C27H39N5O3/c1-21(23-8-4-3-5-9-23)17-25(33)31-14-10-27(35,11-15-31)19-32-20-29-24(18-26(32)34)28-12-16-30-13-6-7-22(30)2/h3-5,8-9,18,20-22,28,35H,6-7,10-17,19H2,1-2H3/t21-,22+/m1/s1. The molecular formula is C27H39N5O3. The Bertz CT molecular complexity index is 1030. The van der Waals surface area contributed by atoms with E-state index >= 15 is 0 Å². The van der Waals surface area contributed by atoms with Gasteiger partial charge in [-0.25, -0.2) is 4.98 Å². The minimum atomic E-state index is -1.02. The normalized spacial score (nSPS) is 21.1. The summed E-state index contributed by atoms with van der Waals surface area (Å²) in [5.41, 5.74) is -0.0424. The molecule has 8 nitrogen and oxygen atoms in total. The van der Waals surface area contributed by atoms with Gasteiger partial charge < -0.3 is 15.3 Å². The summed E-state index contributed by atoms with van der Waals surface area (Å²) in [6, 6.07) is 12.2. The molecule has 2 atom stereocenters. The molecule has 35 heavy (non-hydrogen) atoms. The maximum absolute atomic E-state index is 12.8. The van der Waals surface area contributed by atoms with Gasteiger partial charge in [-0.2, -0.15) is 0 Å². The Morgan fingerprint density at radius 1 is 1.23 bits per heavy atom. The Morgan fingerprint density at radius 3 is 2.63 bits per heavy atom. The largest absolute Gasteiger partial charge is 0.388 e. The Morgan fingerprint density at radius 2 is 1.97 bits per heavy atom. The van der Waals surface area contributed by atoms with Gasteiger partial charge in [0.2, 0.25) is 5.91 Å². The van der Waals surface area contributed by atoms with Crippen LogP contribution in [0.25, 0.3) is 0 Å². The Labute approximate surface area is 208 Å². The van der Waals surface area contributed by atoms with Crippen molar-refractivity contribution in [3.8, 4) is 0 Å². The first-order valence-corrected chi connectivity index (χ1v) is 12.9. The number of hydrogen-bond donors (Lipinski definition) is 2. The summed E-state index contributed by atoms with van der Waals surface area (Å²) in [6.45, 7) is 8.31. The molecule has 0 saturated carbocycles. The minimum absolute atomic E-state index is 0.112. The molecule has 1 aromatic carbocycles. The molecular weight excluding hydrogens is 442 g/mol. The van der Waals surface area contributed by atoms with Gasteiger partial charge in [0.25, 0.3) is 5.56 Å². The highest BCUT2D eigenvalue weighted by molar-refractivity contribution is 5.77. The molecule has 190 valence electrons. The van der Waals surface area contributed by atoms with E-state index in [0.717, 1.165) is 25.2 Å². The highest BCUT2D eigenvalue weighted by Crippen LogP contribution is 2.26. The van der Waals surface area contributed by atoms with Gasteiger partial charge in [0.15, 0.2) is 0 Å². The summed E-state index contributed by atoms with van der Waals surface area (Å²) in [5, 5.41) is 14.4. The van der Waals surface area contributed by atoms with Crippen molar-refractivity contribution < 1.29 is 9.90 Å². The lowest BCUT2D eigenvalue weighted by molar-refractivity contribution is -0.136. The molecule has 2 aliphatic rings. The van der Waals surface area contributed by atoms with Gasteiger partial charge in [0.05, 0.1) is 18.5 Å². The van der Waals surface area contributed by atoms with Crippen LogP contribution in [0.15, 0.2) is 47.5 Å². The Kier molecular flexibility index (Phi) is 8.23. The number of aliphatic hydroxyl groups is 1. The van der Waals surface area contributed by atoms with Gasteiger partial charge in [-0.05, 0) is 50.6 Å². The average molecular weight is 482 g/mol. The van der Waals surface area contributed by atoms with E-state index < -0.39 is 5.60 Å². The second kappa shape index (κ2) is 11.4.